The van der Waals surface area contributed by atoms with Gasteiger partial charge in [0.15, 0.2) is 29.3 Å². The molecule has 0 aliphatic carbocycles. The smallest absolute Gasteiger partial charge is 0.290 e. The Kier molecular flexibility index (Phi) is 6.23. The van der Waals surface area contributed by atoms with Crippen LogP contribution in [0.15, 0.2) is 29.5 Å². The number of phenolic OH excluding ortho intramolecular Hbond substituents is 1. The maximum Gasteiger partial charge on any atom is 0.290 e. The SMILES string of the molecule is CCOc1cc(C2C(C(C)=O)=C(O)C(=O)N2CC(OC)OC)ccc1O. The molecule has 1 amide bonds. The minimum Gasteiger partial charge on any atom is -0.504 e. The zero-order valence-corrected chi connectivity index (χ0v) is 15.2. The molecule has 2 N–H and O–H groups in total. The van der Waals surface area contributed by atoms with Crippen LogP contribution in [0.2, 0.25) is 0 Å². The minimum absolute atomic E-state index is 0.00217. The molecule has 0 saturated carbocycles. The van der Waals surface area contributed by atoms with Crippen molar-refractivity contribution in [3.63, 3.8) is 0 Å². The molecule has 1 aromatic rings. The van der Waals surface area contributed by atoms with Gasteiger partial charge in [0.2, 0.25) is 0 Å². The standard InChI is InChI=1S/C18H23NO7/c1-5-26-13-8-11(6-7-12(13)21)16-15(10(2)20)17(22)18(23)19(16)9-14(24-3)25-4/h6-8,14,16,21-22H,5,9H2,1-4H3. The molecule has 1 aliphatic rings. The van der Waals surface area contributed by atoms with Crippen molar-refractivity contribution in [2.45, 2.75) is 26.2 Å². The predicted octanol–water partition coefficient (Wildman–Crippen LogP) is 1.69. The van der Waals surface area contributed by atoms with Gasteiger partial charge in [-0.3, -0.25) is 9.59 Å². The maximum atomic E-state index is 12.5. The molecule has 0 bridgehead atoms. The van der Waals surface area contributed by atoms with Crippen LogP contribution in [0.5, 0.6) is 11.5 Å². The van der Waals surface area contributed by atoms with E-state index in [-0.39, 0.29) is 23.6 Å². The van der Waals surface area contributed by atoms with Crippen molar-refractivity contribution in [2.24, 2.45) is 0 Å². The second-order valence-electron chi connectivity index (χ2n) is 5.74. The third kappa shape index (κ3) is 3.66. The molecule has 1 aliphatic heterocycles. The van der Waals surface area contributed by atoms with Gasteiger partial charge < -0.3 is 29.3 Å². The first-order valence-corrected chi connectivity index (χ1v) is 8.11. The van der Waals surface area contributed by atoms with Crippen LogP contribution in [0, 0.1) is 0 Å². The zero-order chi connectivity index (χ0) is 19.4. The van der Waals surface area contributed by atoms with Crippen LogP contribution >= 0.6 is 0 Å². The lowest BCUT2D eigenvalue weighted by molar-refractivity contribution is -0.144. The van der Waals surface area contributed by atoms with E-state index in [0.29, 0.717) is 12.2 Å². The molecular formula is C18H23NO7. The fourth-order valence-corrected chi connectivity index (χ4v) is 2.93. The molecule has 1 heterocycles. The summed E-state index contributed by atoms with van der Waals surface area (Å²) in [5, 5.41) is 20.1. The molecule has 0 spiro atoms. The highest BCUT2D eigenvalue weighted by atomic mass is 16.7. The van der Waals surface area contributed by atoms with Crippen LogP contribution in [-0.4, -0.2) is 60.5 Å². The lowest BCUT2D eigenvalue weighted by atomic mass is 9.96. The normalized spacial score (nSPS) is 17.3. The van der Waals surface area contributed by atoms with Gasteiger partial charge in [-0.2, -0.15) is 0 Å². The average molecular weight is 365 g/mol. The average Bonchev–Trinajstić information content (AvgIpc) is 2.86. The molecule has 0 fully saturated rings. The maximum absolute atomic E-state index is 12.5. The topological polar surface area (TPSA) is 106 Å². The highest BCUT2D eigenvalue weighted by Gasteiger charge is 2.43. The molecular weight excluding hydrogens is 342 g/mol. The minimum atomic E-state index is -0.840. The number of ketones is 1. The Labute approximate surface area is 151 Å². The molecule has 8 nitrogen and oxygen atoms in total. The van der Waals surface area contributed by atoms with Crippen molar-refractivity contribution >= 4 is 11.7 Å². The highest BCUT2D eigenvalue weighted by molar-refractivity contribution is 6.08. The number of aliphatic hydroxyl groups excluding tert-OH is 1. The molecule has 1 unspecified atom stereocenters. The largest absolute Gasteiger partial charge is 0.504 e. The van der Waals surface area contributed by atoms with Crippen LogP contribution in [0.4, 0.5) is 0 Å². The summed E-state index contributed by atoms with van der Waals surface area (Å²) in [7, 11) is 2.85. The number of carbonyl (C=O) groups is 2. The number of ether oxygens (including phenoxy) is 3. The Balaban J connectivity index is 2.52. The van der Waals surface area contributed by atoms with E-state index in [1.165, 1.54) is 32.1 Å². The fraction of sp³-hybridized carbons (Fsp3) is 0.444. The number of phenols is 1. The molecule has 0 aromatic heterocycles. The zero-order valence-electron chi connectivity index (χ0n) is 15.2. The lowest BCUT2D eigenvalue weighted by Crippen LogP contribution is -2.38. The van der Waals surface area contributed by atoms with E-state index in [2.05, 4.69) is 0 Å². The van der Waals surface area contributed by atoms with Gasteiger partial charge in [0.25, 0.3) is 5.91 Å². The van der Waals surface area contributed by atoms with Crippen molar-refractivity contribution in [3.8, 4) is 11.5 Å². The van der Waals surface area contributed by atoms with Gasteiger partial charge >= 0.3 is 0 Å². The Hall–Kier alpha value is -2.58. The number of benzene rings is 1. The van der Waals surface area contributed by atoms with Gasteiger partial charge in [-0.15, -0.1) is 0 Å². The van der Waals surface area contributed by atoms with Crippen molar-refractivity contribution in [1.29, 1.82) is 0 Å². The monoisotopic (exact) mass is 365 g/mol. The first-order valence-electron chi connectivity index (χ1n) is 8.11. The number of aromatic hydroxyl groups is 1. The fourth-order valence-electron chi connectivity index (χ4n) is 2.93. The molecule has 1 atom stereocenters. The number of amides is 1. The van der Waals surface area contributed by atoms with Crippen LogP contribution < -0.4 is 4.74 Å². The number of methoxy groups -OCH3 is 2. The number of Topliss-reactive ketones (excluding diaryl/α,β-unsaturated/α-hetero) is 1. The Morgan fingerprint density at radius 1 is 1.27 bits per heavy atom. The van der Waals surface area contributed by atoms with Crippen LogP contribution in [0.3, 0.4) is 0 Å². The number of nitrogens with zero attached hydrogens (tertiary/aromatic N) is 1. The van der Waals surface area contributed by atoms with Crippen molar-refractivity contribution in [3.05, 3.63) is 35.1 Å². The van der Waals surface area contributed by atoms with Gasteiger partial charge in [-0.1, -0.05) is 6.07 Å². The summed E-state index contributed by atoms with van der Waals surface area (Å²) in [4.78, 5) is 25.9. The van der Waals surface area contributed by atoms with Crippen molar-refractivity contribution in [2.75, 3.05) is 27.4 Å². The van der Waals surface area contributed by atoms with E-state index in [1.54, 1.807) is 19.1 Å². The molecule has 26 heavy (non-hydrogen) atoms. The van der Waals surface area contributed by atoms with Crippen LogP contribution in [0.1, 0.15) is 25.5 Å². The Bertz CT molecular complexity index is 724. The second kappa shape index (κ2) is 8.20. The Morgan fingerprint density at radius 2 is 1.92 bits per heavy atom. The molecule has 142 valence electrons. The lowest BCUT2D eigenvalue weighted by Gasteiger charge is -2.29. The van der Waals surface area contributed by atoms with Gasteiger partial charge in [0.1, 0.15) is 0 Å². The van der Waals surface area contributed by atoms with Crippen molar-refractivity contribution < 1.29 is 34.0 Å². The predicted molar refractivity (Wildman–Crippen MR) is 91.9 cm³/mol. The molecule has 0 saturated heterocycles. The molecule has 2 rings (SSSR count). The molecule has 0 radical (unpaired) electrons. The van der Waals surface area contributed by atoms with Crippen LogP contribution in [0.25, 0.3) is 0 Å². The van der Waals surface area contributed by atoms with Gasteiger partial charge in [-0.25, -0.2) is 0 Å². The van der Waals surface area contributed by atoms with E-state index in [9.17, 15) is 19.8 Å². The summed E-state index contributed by atoms with van der Waals surface area (Å²) in [6, 6.07) is 3.69. The third-order valence-electron chi connectivity index (χ3n) is 4.15. The summed E-state index contributed by atoms with van der Waals surface area (Å²) in [5.41, 5.74) is 0.494. The number of aliphatic hydroxyl groups is 1. The number of carbonyl (C=O) groups excluding carboxylic acids is 2. The van der Waals surface area contributed by atoms with Gasteiger partial charge in [-0.05, 0) is 31.5 Å². The summed E-state index contributed by atoms with van der Waals surface area (Å²) >= 11 is 0. The summed E-state index contributed by atoms with van der Waals surface area (Å²) in [5.74, 6) is -1.55. The van der Waals surface area contributed by atoms with Crippen LogP contribution in [-0.2, 0) is 19.1 Å². The second-order valence-corrected chi connectivity index (χ2v) is 5.74. The van der Waals surface area contributed by atoms with Gasteiger partial charge in [0, 0.05) is 14.2 Å². The summed E-state index contributed by atoms with van der Waals surface area (Å²) < 4.78 is 15.7. The van der Waals surface area contributed by atoms with E-state index in [0.717, 1.165) is 0 Å². The van der Waals surface area contributed by atoms with E-state index in [1.807, 2.05) is 0 Å². The highest BCUT2D eigenvalue weighted by Crippen LogP contribution is 2.40. The number of hydrogen-bond donors (Lipinski definition) is 2. The van der Waals surface area contributed by atoms with E-state index < -0.39 is 29.8 Å². The Morgan fingerprint density at radius 3 is 2.46 bits per heavy atom. The number of hydrogen-bond acceptors (Lipinski definition) is 7. The van der Waals surface area contributed by atoms with E-state index in [4.69, 9.17) is 14.2 Å². The first-order chi connectivity index (χ1) is 12.3. The number of rotatable bonds is 8. The van der Waals surface area contributed by atoms with E-state index >= 15 is 0 Å². The molecule has 1 aromatic carbocycles. The summed E-state index contributed by atoms with van der Waals surface area (Å²) in [6.45, 7) is 3.39. The van der Waals surface area contributed by atoms with Gasteiger partial charge in [0.05, 0.1) is 24.8 Å². The third-order valence-corrected chi connectivity index (χ3v) is 4.15. The molecule has 8 heteroatoms. The first kappa shape index (κ1) is 19.7. The quantitative estimate of drug-likeness (QED) is 0.675. The van der Waals surface area contributed by atoms with Crippen molar-refractivity contribution in [1.82, 2.24) is 4.90 Å². The summed E-state index contributed by atoms with van der Waals surface area (Å²) in [6.07, 6.45) is -0.732.